The van der Waals surface area contributed by atoms with Crippen molar-refractivity contribution in [2.24, 2.45) is 7.05 Å². The number of methoxy groups -OCH3 is 1. The number of aromatic nitrogens is 5. The molecule has 0 spiro atoms. The van der Waals surface area contributed by atoms with Crippen molar-refractivity contribution < 1.29 is 19.2 Å². The monoisotopic (exact) mass is 467 g/mol. The van der Waals surface area contributed by atoms with Crippen molar-refractivity contribution in [3.8, 4) is 5.69 Å². The normalized spacial score (nSPS) is 15.8. The summed E-state index contributed by atoms with van der Waals surface area (Å²) >= 11 is 12.1. The predicted molar refractivity (Wildman–Crippen MR) is 110 cm³/mol. The Morgan fingerprint density at radius 1 is 1.23 bits per heavy atom. The highest BCUT2D eigenvalue weighted by Crippen LogP contribution is 2.30. The molecule has 1 aliphatic rings. The summed E-state index contributed by atoms with van der Waals surface area (Å²) in [5, 5.41) is 15.6. The Bertz CT molecular complexity index is 1060. The van der Waals surface area contributed by atoms with E-state index in [0.29, 0.717) is 22.8 Å². The van der Waals surface area contributed by atoms with Crippen molar-refractivity contribution in [1.82, 2.24) is 29.8 Å². The van der Waals surface area contributed by atoms with Gasteiger partial charge in [0.15, 0.2) is 18.6 Å². The van der Waals surface area contributed by atoms with Gasteiger partial charge in [-0.15, -0.1) is 10.2 Å². The Labute approximate surface area is 187 Å². The first kappa shape index (κ1) is 21.5. The van der Waals surface area contributed by atoms with Crippen LogP contribution in [0.15, 0.2) is 36.8 Å². The number of carbonyl (C=O) groups is 1. The van der Waals surface area contributed by atoms with Crippen molar-refractivity contribution in [2.75, 3.05) is 25.6 Å². The van der Waals surface area contributed by atoms with E-state index in [1.54, 1.807) is 42.3 Å². The molecule has 13 heteroatoms. The van der Waals surface area contributed by atoms with Crippen LogP contribution in [0.5, 0.6) is 0 Å². The Balaban J connectivity index is 1.51. The van der Waals surface area contributed by atoms with Gasteiger partial charge in [-0.05, 0) is 23.8 Å². The summed E-state index contributed by atoms with van der Waals surface area (Å²) in [6.45, 7) is -0.0274. The molecular formula is C18H19Cl2N7O4. The molecule has 4 rings (SSSR count). The molecule has 0 saturated carbocycles. The van der Waals surface area contributed by atoms with Crippen molar-refractivity contribution in [2.45, 2.75) is 12.5 Å². The minimum Gasteiger partial charge on any atom is -0.468 e. The van der Waals surface area contributed by atoms with Crippen molar-refractivity contribution >= 4 is 34.9 Å². The van der Waals surface area contributed by atoms with Gasteiger partial charge in [0.25, 0.3) is 0 Å². The van der Waals surface area contributed by atoms with Crippen LogP contribution >= 0.6 is 23.2 Å². The third kappa shape index (κ3) is 4.81. The average Bonchev–Trinajstić information content (AvgIpc) is 3.39. The van der Waals surface area contributed by atoms with E-state index in [-0.39, 0.29) is 18.6 Å². The molecule has 3 aromatic rings. The maximum Gasteiger partial charge on any atom is 0.325 e. The lowest BCUT2D eigenvalue weighted by atomic mass is 10.1. The van der Waals surface area contributed by atoms with Crippen LogP contribution in [-0.2, 0) is 32.7 Å². The average molecular weight is 468 g/mol. The van der Waals surface area contributed by atoms with Gasteiger partial charge in [-0.3, -0.25) is 19.2 Å². The van der Waals surface area contributed by atoms with Gasteiger partial charge in [0.2, 0.25) is 0 Å². The van der Waals surface area contributed by atoms with E-state index in [1.807, 2.05) is 6.20 Å². The van der Waals surface area contributed by atoms with E-state index in [9.17, 15) is 4.79 Å². The maximum atomic E-state index is 12.4. The zero-order valence-electron chi connectivity index (χ0n) is 16.7. The number of aryl methyl sites for hydroxylation is 1. The van der Waals surface area contributed by atoms with Crippen molar-refractivity contribution in [1.29, 1.82) is 0 Å². The quantitative estimate of drug-likeness (QED) is 0.503. The summed E-state index contributed by atoms with van der Waals surface area (Å²) in [4.78, 5) is 24.1. The topological polar surface area (TPSA) is 99.8 Å². The lowest BCUT2D eigenvalue weighted by molar-refractivity contribution is -0.282. The predicted octanol–water partition coefficient (Wildman–Crippen LogP) is 1.99. The van der Waals surface area contributed by atoms with Crippen molar-refractivity contribution in [3.63, 3.8) is 0 Å². The van der Waals surface area contributed by atoms with Crippen LogP contribution in [0.25, 0.3) is 5.69 Å². The summed E-state index contributed by atoms with van der Waals surface area (Å²) in [5.74, 6) is -0.443. The summed E-state index contributed by atoms with van der Waals surface area (Å²) in [5.41, 5.74) is 2.10. The number of anilines is 1. The summed E-state index contributed by atoms with van der Waals surface area (Å²) in [6.07, 6.45) is 5.43. The molecule has 11 nitrogen and oxygen atoms in total. The van der Waals surface area contributed by atoms with Crippen LogP contribution in [-0.4, -0.2) is 62.4 Å². The molecule has 31 heavy (non-hydrogen) atoms. The van der Waals surface area contributed by atoms with Gasteiger partial charge in [0.05, 0.1) is 30.9 Å². The lowest BCUT2D eigenvalue weighted by Gasteiger charge is -2.37. The largest absolute Gasteiger partial charge is 0.468 e. The van der Waals surface area contributed by atoms with Crippen LogP contribution in [0.3, 0.4) is 0 Å². The highest BCUT2D eigenvalue weighted by atomic mass is 35.5. The van der Waals surface area contributed by atoms with Crippen LogP contribution < -0.4 is 5.06 Å². The van der Waals surface area contributed by atoms with Crippen LogP contribution in [0.4, 0.5) is 5.69 Å². The molecule has 3 heterocycles. The first-order valence-electron chi connectivity index (χ1n) is 9.17. The van der Waals surface area contributed by atoms with E-state index in [1.165, 1.54) is 21.9 Å². The molecule has 1 atom stereocenters. The molecule has 1 saturated heterocycles. The molecule has 0 radical (unpaired) electrons. The molecule has 0 amide bonds. The zero-order valence-corrected chi connectivity index (χ0v) is 18.2. The summed E-state index contributed by atoms with van der Waals surface area (Å²) in [7, 11) is 3.14. The first-order chi connectivity index (χ1) is 14.9. The standard InChI is InChI=1S/C18H19Cl2N7O4/c1-24-8-12(7-21-24)5-16(18(28)29-2)27-11-30-26(10-31-27)15-6-13(19)3-4-14(15)25-9-17(20)22-23-25/h3-4,6-9,16H,5,10-11H2,1-2H3. The molecule has 1 fully saturated rings. The smallest absolute Gasteiger partial charge is 0.325 e. The molecule has 2 aromatic heterocycles. The number of rotatable bonds is 6. The van der Waals surface area contributed by atoms with E-state index in [0.717, 1.165) is 5.56 Å². The number of nitrogens with zero attached hydrogens (tertiary/aromatic N) is 7. The van der Waals surface area contributed by atoms with Crippen LogP contribution in [0, 0.1) is 0 Å². The van der Waals surface area contributed by atoms with E-state index in [2.05, 4.69) is 15.4 Å². The lowest BCUT2D eigenvalue weighted by Crippen LogP contribution is -2.51. The SMILES string of the molecule is COC(=O)C(Cc1cnn(C)c1)N1CON(c2cc(Cl)ccc2-n2cc(Cl)nn2)CO1. The fourth-order valence-electron chi connectivity index (χ4n) is 3.14. The number of benzene rings is 1. The molecule has 1 aromatic carbocycles. The second kappa shape index (κ2) is 9.20. The maximum absolute atomic E-state index is 12.4. The van der Waals surface area contributed by atoms with Gasteiger partial charge < -0.3 is 4.74 Å². The third-order valence-electron chi connectivity index (χ3n) is 4.61. The Hall–Kier alpha value is -2.70. The van der Waals surface area contributed by atoms with Gasteiger partial charge in [0.1, 0.15) is 6.04 Å². The summed E-state index contributed by atoms with van der Waals surface area (Å²) in [6, 6.07) is 4.48. The zero-order chi connectivity index (χ0) is 22.0. The van der Waals surface area contributed by atoms with Crippen LogP contribution in [0.1, 0.15) is 5.56 Å². The van der Waals surface area contributed by atoms with Crippen molar-refractivity contribution in [3.05, 3.63) is 52.5 Å². The number of ether oxygens (including phenoxy) is 1. The second-order valence-electron chi connectivity index (χ2n) is 6.70. The molecule has 1 aliphatic heterocycles. The number of carbonyl (C=O) groups excluding carboxylic acids is 1. The molecular weight excluding hydrogens is 449 g/mol. The molecule has 0 bridgehead atoms. The molecule has 0 aliphatic carbocycles. The first-order valence-corrected chi connectivity index (χ1v) is 9.93. The molecule has 164 valence electrons. The number of esters is 1. The third-order valence-corrected chi connectivity index (χ3v) is 5.02. The van der Waals surface area contributed by atoms with Gasteiger partial charge in [0, 0.05) is 24.7 Å². The number of hydroxylamine groups is 3. The fourth-order valence-corrected chi connectivity index (χ4v) is 3.43. The van der Waals surface area contributed by atoms with Crippen LogP contribution in [0.2, 0.25) is 10.2 Å². The van der Waals surface area contributed by atoms with E-state index < -0.39 is 12.0 Å². The van der Waals surface area contributed by atoms with Gasteiger partial charge >= 0.3 is 5.97 Å². The molecule has 0 N–H and O–H groups in total. The minimum absolute atomic E-state index is 0.00367. The second-order valence-corrected chi connectivity index (χ2v) is 7.52. The number of halogens is 2. The van der Waals surface area contributed by atoms with Gasteiger partial charge in [-0.1, -0.05) is 28.4 Å². The minimum atomic E-state index is -0.704. The Morgan fingerprint density at radius 3 is 2.68 bits per heavy atom. The van der Waals surface area contributed by atoms with Gasteiger partial charge in [-0.2, -0.15) is 5.10 Å². The molecule has 1 unspecified atom stereocenters. The Kier molecular flexibility index (Phi) is 6.39. The summed E-state index contributed by atoms with van der Waals surface area (Å²) < 4.78 is 8.11. The van der Waals surface area contributed by atoms with E-state index >= 15 is 0 Å². The Morgan fingerprint density at radius 2 is 2.06 bits per heavy atom. The highest BCUT2D eigenvalue weighted by Gasteiger charge is 2.33. The van der Waals surface area contributed by atoms with E-state index in [4.69, 9.17) is 37.6 Å². The highest BCUT2D eigenvalue weighted by molar-refractivity contribution is 6.31. The van der Waals surface area contributed by atoms with Gasteiger partial charge in [-0.25, -0.2) is 9.75 Å². The fraction of sp³-hybridized carbons (Fsp3) is 0.333. The number of hydrogen-bond acceptors (Lipinski definition) is 9. The number of hydrogen-bond donors (Lipinski definition) is 0.